The second kappa shape index (κ2) is 9.92. The predicted octanol–water partition coefficient (Wildman–Crippen LogP) is 1.10. The standard InChI is InChI=1S/C20H24ClN5O2S/c1-2-9-22-18(27)8-7-16-11-23-19(28)17-10-15(12-26(16)17)25-20(29)24-14-5-3-13(21)4-6-14/h1,3-6,15-17H,7-12H2,(H,22,27)(H,23,28)(H2,24,25,29)/t15-,16+,17-/m0/s1. The fourth-order valence-corrected chi connectivity index (χ4v) is 4.18. The van der Waals surface area contributed by atoms with Gasteiger partial charge in [-0.2, -0.15) is 0 Å². The monoisotopic (exact) mass is 433 g/mol. The SMILES string of the molecule is C#CCNC(=O)CC[C@@H]1CNC(=O)[C@@H]2C[C@H](NC(=S)Nc3ccc(Cl)cc3)CN12. The predicted molar refractivity (Wildman–Crippen MR) is 118 cm³/mol. The second-order valence-corrected chi connectivity index (χ2v) is 8.01. The maximum Gasteiger partial charge on any atom is 0.237 e. The molecule has 0 unspecified atom stereocenters. The van der Waals surface area contributed by atoms with E-state index in [0.29, 0.717) is 42.5 Å². The summed E-state index contributed by atoms with van der Waals surface area (Å²) in [4.78, 5) is 26.3. The summed E-state index contributed by atoms with van der Waals surface area (Å²) in [6.07, 6.45) is 6.86. The van der Waals surface area contributed by atoms with Crippen molar-refractivity contribution < 1.29 is 9.59 Å². The Bertz CT molecular complexity index is 810. The highest BCUT2D eigenvalue weighted by atomic mass is 35.5. The van der Waals surface area contributed by atoms with Gasteiger partial charge < -0.3 is 21.3 Å². The zero-order chi connectivity index (χ0) is 20.8. The van der Waals surface area contributed by atoms with Gasteiger partial charge in [-0.25, -0.2) is 0 Å². The summed E-state index contributed by atoms with van der Waals surface area (Å²) in [7, 11) is 0. The third-order valence-corrected chi connectivity index (χ3v) is 5.62. The molecule has 0 spiro atoms. The fourth-order valence-electron chi connectivity index (χ4n) is 3.77. The number of anilines is 1. The van der Waals surface area contributed by atoms with Gasteiger partial charge in [-0.1, -0.05) is 17.5 Å². The number of hydrogen-bond donors (Lipinski definition) is 4. The van der Waals surface area contributed by atoms with Gasteiger partial charge in [0.15, 0.2) is 5.11 Å². The number of fused-ring (bicyclic) bond motifs is 1. The Morgan fingerprint density at radius 1 is 1.38 bits per heavy atom. The lowest BCUT2D eigenvalue weighted by Crippen LogP contribution is -2.58. The first kappa shape index (κ1) is 21.4. The van der Waals surface area contributed by atoms with Crippen LogP contribution in [0.25, 0.3) is 0 Å². The van der Waals surface area contributed by atoms with Gasteiger partial charge in [-0.15, -0.1) is 6.42 Å². The summed E-state index contributed by atoms with van der Waals surface area (Å²) < 4.78 is 0. The van der Waals surface area contributed by atoms with Gasteiger partial charge in [-0.05, 0) is 49.3 Å². The van der Waals surface area contributed by atoms with Crippen molar-refractivity contribution in [3.05, 3.63) is 29.3 Å². The Balaban J connectivity index is 1.52. The maximum absolute atomic E-state index is 12.3. The average Bonchev–Trinajstić information content (AvgIpc) is 3.12. The van der Waals surface area contributed by atoms with Crippen LogP contribution in [0.2, 0.25) is 5.02 Å². The molecule has 1 aromatic carbocycles. The van der Waals surface area contributed by atoms with E-state index in [-0.39, 0.29) is 36.5 Å². The maximum atomic E-state index is 12.3. The van der Waals surface area contributed by atoms with Gasteiger partial charge in [0.25, 0.3) is 0 Å². The molecule has 29 heavy (non-hydrogen) atoms. The van der Waals surface area contributed by atoms with E-state index in [0.717, 1.165) is 5.69 Å². The van der Waals surface area contributed by atoms with Crippen molar-refractivity contribution in [3.63, 3.8) is 0 Å². The third-order valence-electron chi connectivity index (χ3n) is 5.15. The molecule has 3 atom stereocenters. The number of halogens is 1. The van der Waals surface area contributed by atoms with E-state index in [1.165, 1.54) is 0 Å². The molecule has 154 valence electrons. The summed E-state index contributed by atoms with van der Waals surface area (Å²) in [5.74, 6) is 2.35. The van der Waals surface area contributed by atoms with Crippen LogP contribution in [0.4, 0.5) is 5.69 Å². The van der Waals surface area contributed by atoms with E-state index in [1.807, 2.05) is 12.1 Å². The number of hydrogen-bond acceptors (Lipinski definition) is 4. The number of benzene rings is 1. The molecule has 2 aliphatic heterocycles. The van der Waals surface area contributed by atoms with Crippen LogP contribution in [-0.2, 0) is 9.59 Å². The highest BCUT2D eigenvalue weighted by molar-refractivity contribution is 7.80. The number of amides is 2. The molecule has 2 fully saturated rings. The summed E-state index contributed by atoms with van der Waals surface area (Å²) in [6, 6.07) is 7.23. The largest absolute Gasteiger partial charge is 0.358 e. The quantitative estimate of drug-likeness (QED) is 0.397. The molecule has 0 radical (unpaired) electrons. The van der Waals surface area contributed by atoms with Crippen LogP contribution in [0.1, 0.15) is 19.3 Å². The van der Waals surface area contributed by atoms with Crippen molar-refractivity contribution in [2.45, 2.75) is 37.4 Å². The second-order valence-electron chi connectivity index (χ2n) is 7.17. The van der Waals surface area contributed by atoms with Gasteiger partial charge in [0, 0.05) is 42.3 Å². The minimum absolute atomic E-state index is 0.0268. The van der Waals surface area contributed by atoms with Crippen LogP contribution in [0.3, 0.4) is 0 Å². The van der Waals surface area contributed by atoms with Crippen LogP contribution >= 0.6 is 23.8 Å². The molecule has 2 saturated heterocycles. The minimum Gasteiger partial charge on any atom is -0.358 e. The summed E-state index contributed by atoms with van der Waals surface area (Å²) in [6.45, 7) is 1.46. The number of rotatable bonds is 6. The van der Waals surface area contributed by atoms with E-state index in [9.17, 15) is 9.59 Å². The molecule has 0 bridgehead atoms. The first-order valence-electron chi connectivity index (χ1n) is 9.53. The first-order chi connectivity index (χ1) is 14.0. The summed E-state index contributed by atoms with van der Waals surface area (Å²) in [5, 5.41) is 13.2. The van der Waals surface area contributed by atoms with Crippen molar-refractivity contribution in [2.75, 3.05) is 25.0 Å². The lowest BCUT2D eigenvalue weighted by molar-refractivity contribution is -0.129. The van der Waals surface area contributed by atoms with Crippen LogP contribution in [0.15, 0.2) is 24.3 Å². The van der Waals surface area contributed by atoms with E-state index in [1.54, 1.807) is 12.1 Å². The van der Waals surface area contributed by atoms with E-state index in [2.05, 4.69) is 32.1 Å². The molecule has 4 N–H and O–H groups in total. The fraction of sp³-hybridized carbons (Fsp3) is 0.450. The Labute approximate surface area is 180 Å². The molecule has 0 saturated carbocycles. The Morgan fingerprint density at radius 3 is 2.86 bits per heavy atom. The highest BCUT2D eigenvalue weighted by Gasteiger charge is 2.43. The molecule has 2 amide bonds. The number of nitrogens with one attached hydrogen (secondary N) is 4. The number of nitrogens with zero attached hydrogens (tertiary/aromatic N) is 1. The number of piperazine rings is 1. The molecular formula is C20H24ClN5O2S. The van der Waals surface area contributed by atoms with Gasteiger partial charge in [-0.3, -0.25) is 14.5 Å². The van der Waals surface area contributed by atoms with Crippen molar-refractivity contribution in [2.24, 2.45) is 0 Å². The van der Waals surface area contributed by atoms with Crippen molar-refractivity contribution in [1.29, 1.82) is 0 Å². The van der Waals surface area contributed by atoms with Crippen molar-refractivity contribution >= 4 is 46.4 Å². The number of terminal acetylenes is 1. The lowest BCUT2D eigenvalue weighted by Gasteiger charge is -2.37. The molecule has 7 nitrogen and oxygen atoms in total. The summed E-state index contributed by atoms with van der Waals surface area (Å²) in [5.41, 5.74) is 0.844. The van der Waals surface area contributed by atoms with Crippen molar-refractivity contribution in [3.8, 4) is 12.3 Å². The number of carbonyl (C=O) groups excluding carboxylic acids is 2. The lowest BCUT2D eigenvalue weighted by atomic mass is 10.0. The first-order valence-corrected chi connectivity index (χ1v) is 10.3. The van der Waals surface area contributed by atoms with Gasteiger partial charge in [0.05, 0.1) is 12.6 Å². The van der Waals surface area contributed by atoms with E-state index >= 15 is 0 Å². The smallest absolute Gasteiger partial charge is 0.237 e. The molecule has 3 rings (SSSR count). The van der Waals surface area contributed by atoms with Gasteiger partial charge in [0.1, 0.15) is 0 Å². The molecular weight excluding hydrogens is 410 g/mol. The molecule has 1 aromatic rings. The molecule has 9 heteroatoms. The van der Waals surface area contributed by atoms with Crippen LogP contribution < -0.4 is 21.3 Å². The number of carbonyl (C=O) groups is 2. The molecule has 0 aliphatic carbocycles. The zero-order valence-electron chi connectivity index (χ0n) is 15.9. The van der Waals surface area contributed by atoms with E-state index < -0.39 is 0 Å². The zero-order valence-corrected chi connectivity index (χ0v) is 17.5. The highest BCUT2D eigenvalue weighted by Crippen LogP contribution is 2.26. The normalized spacial score (nSPS) is 23.4. The molecule has 2 heterocycles. The minimum atomic E-state index is -0.210. The van der Waals surface area contributed by atoms with Crippen LogP contribution in [0, 0.1) is 12.3 Å². The van der Waals surface area contributed by atoms with Gasteiger partial charge >= 0.3 is 0 Å². The summed E-state index contributed by atoms with van der Waals surface area (Å²) >= 11 is 11.3. The Morgan fingerprint density at radius 2 is 2.14 bits per heavy atom. The Kier molecular flexibility index (Phi) is 7.31. The van der Waals surface area contributed by atoms with Crippen molar-refractivity contribution in [1.82, 2.24) is 20.9 Å². The average molecular weight is 434 g/mol. The Hall–Kier alpha value is -2.34. The molecule has 2 aliphatic rings. The van der Waals surface area contributed by atoms with E-state index in [4.69, 9.17) is 30.2 Å². The van der Waals surface area contributed by atoms with Crippen LogP contribution in [0.5, 0.6) is 0 Å². The molecule has 0 aromatic heterocycles. The van der Waals surface area contributed by atoms with Gasteiger partial charge in [0.2, 0.25) is 11.8 Å². The topological polar surface area (TPSA) is 85.5 Å². The van der Waals surface area contributed by atoms with Crippen LogP contribution in [-0.4, -0.2) is 59.6 Å². The number of thiocarbonyl (C=S) groups is 1. The third kappa shape index (κ3) is 5.82.